The van der Waals surface area contributed by atoms with Gasteiger partial charge in [0.15, 0.2) is 0 Å². The van der Waals surface area contributed by atoms with Gasteiger partial charge < -0.3 is 0 Å². The first-order valence-electron chi connectivity index (χ1n) is 9.44. The molecule has 0 aliphatic heterocycles. The average molecular weight is 374 g/mol. The van der Waals surface area contributed by atoms with Crippen LogP contribution >= 0.6 is 0 Å². The average Bonchev–Trinajstić information content (AvgIpc) is 2.60. The fourth-order valence-electron chi connectivity index (χ4n) is 2.99. The zero-order chi connectivity index (χ0) is 19.3. The quantitative estimate of drug-likeness (QED) is 0.670. The Kier molecular flexibility index (Phi) is 7.01. The van der Waals surface area contributed by atoms with Crippen LogP contribution in [-0.2, 0) is 16.4 Å². The third-order valence-electron chi connectivity index (χ3n) is 4.83. The largest absolute Gasteiger partial charge is 0.241 e. The molecule has 2 atom stereocenters. The lowest BCUT2D eigenvalue weighted by Crippen LogP contribution is -2.26. The number of sulfonamides is 1. The van der Waals surface area contributed by atoms with Crippen LogP contribution in [0.4, 0.5) is 0 Å². The highest BCUT2D eigenvalue weighted by atomic mass is 32.2. The van der Waals surface area contributed by atoms with Gasteiger partial charge in [-0.05, 0) is 60.4 Å². The van der Waals surface area contributed by atoms with Crippen molar-refractivity contribution in [1.82, 2.24) is 4.72 Å². The van der Waals surface area contributed by atoms with E-state index in [0.29, 0.717) is 16.7 Å². The third kappa shape index (κ3) is 5.42. The number of benzene rings is 2. The number of nitrogens with one attached hydrogen (secondary N) is 1. The first kappa shape index (κ1) is 20.7. The second kappa shape index (κ2) is 8.83. The van der Waals surface area contributed by atoms with Crippen molar-refractivity contribution in [3.63, 3.8) is 0 Å². The molecule has 0 bridgehead atoms. The van der Waals surface area contributed by atoms with Gasteiger partial charge in [-0.25, -0.2) is 13.1 Å². The molecule has 0 aliphatic carbocycles. The molecule has 2 unspecified atom stereocenters. The molecule has 0 aliphatic rings. The summed E-state index contributed by atoms with van der Waals surface area (Å²) in [6.45, 7) is 10.6. The van der Waals surface area contributed by atoms with Gasteiger partial charge in [-0.15, -0.1) is 0 Å². The van der Waals surface area contributed by atoms with Crippen LogP contribution in [0, 0.1) is 5.92 Å². The van der Waals surface area contributed by atoms with Crippen LogP contribution in [0.2, 0.25) is 0 Å². The van der Waals surface area contributed by atoms with E-state index in [1.54, 1.807) is 12.1 Å². The predicted octanol–water partition coefficient (Wildman–Crippen LogP) is 5.44. The van der Waals surface area contributed by atoms with E-state index in [1.165, 1.54) is 5.56 Å². The molecule has 0 spiro atoms. The number of hydrogen-bond donors (Lipinski definition) is 1. The van der Waals surface area contributed by atoms with Gasteiger partial charge in [-0.2, -0.15) is 0 Å². The summed E-state index contributed by atoms with van der Waals surface area (Å²) >= 11 is 0. The van der Waals surface area contributed by atoms with Gasteiger partial charge in [0.25, 0.3) is 0 Å². The third-order valence-corrected chi connectivity index (χ3v) is 6.38. The van der Waals surface area contributed by atoms with Crippen molar-refractivity contribution in [1.29, 1.82) is 0 Å². The standard InChI is InChI=1S/C22H31NO2S/c1-6-17(4)20-9-11-21(12-10-20)18(5)23-26(24,25)22-13-7-19(8-14-22)15-16(2)3/h7-14,16-18,23H,6,15H2,1-5H3. The minimum atomic E-state index is -3.53. The molecule has 0 amide bonds. The fraction of sp³-hybridized carbons (Fsp3) is 0.455. The summed E-state index contributed by atoms with van der Waals surface area (Å²) in [7, 11) is -3.53. The molecule has 1 N–H and O–H groups in total. The van der Waals surface area contributed by atoms with E-state index in [9.17, 15) is 8.42 Å². The Morgan fingerprint density at radius 1 is 0.846 bits per heavy atom. The van der Waals surface area contributed by atoms with Crippen molar-refractivity contribution in [2.24, 2.45) is 5.92 Å². The monoisotopic (exact) mass is 373 g/mol. The lowest BCUT2D eigenvalue weighted by molar-refractivity contribution is 0.566. The van der Waals surface area contributed by atoms with Crippen LogP contribution < -0.4 is 4.72 Å². The fourth-order valence-corrected chi connectivity index (χ4v) is 4.23. The zero-order valence-corrected chi connectivity index (χ0v) is 17.3. The van der Waals surface area contributed by atoms with Crippen LogP contribution in [0.25, 0.3) is 0 Å². The number of hydrogen-bond acceptors (Lipinski definition) is 2. The molecule has 0 saturated heterocycles. The van der Waals surface area contributed by atoms with Gasteiger partial charge in [-0.3, -0.25) is 0 Å². The van der Waals surface area contributed by atoms with Gasteiger partial charge in [0.1, 0.15) is 0 Å². The Morgan fingerprint density at radius 3 is 1.88 bits per heavy atom. The Labute approximate surface area is 158 Å². The summed E-state index contributed by atoms with van der Waals surface area (Å²) in [5, 5.41) is 0. The Hall–Kier alpha value is -1.65. The first-order valence-corrected chi connectivity index (χ1v) is 10.9. The van der Waals surface area contributed by atoms with E-state index in [-0.39, 0.29) is 6.04 Å². The van der Waals surface area contributed by atoms with Gasteiger partial charge in [0, 0.05) is 6.04 Å². The van der Waals surface area contributed by atoms with E-state index in [0.717, 1.165) is 24.0 Å². The predicted molar refractivity (Wildman–Crippen MR) is 109 cm³/mol. The molecule has 0 heterocycles. The molecule has 0 radical (unpaired) electrons. The van der Waals surface area contributed by atoms with Crippen LogP contribution in [-0.4, -0.2) is 8.42 Å². The van der Waals surface area contributed by atoms with Crippen molar-refractivity contribution < 1.29 is 8.42 Å². The smallest absolute Gasteiger partial charge is 0.207 e. The molecule has 142 valence electrons. The summed E-state index contributed by atoms with van der Waals surface area (Å²) < 4.78 is 28.1. The summed E-state index contributed by atoms with van der Waals surface area (Å²) in [6.07, 6.45) is 2.04. The highest BCUT2D eigenvalue weighted by molar-refractivity contribution is 7.89. The highest BCUT2D eigenvalue weighted by Gasteiger charge is 2.18. The molecule has 0 fully saturated rings. The maximum Gasteiger partial charge on any atom is 0.241 e. The van der Waals surface area contributed by atoms with E-state index >= 15 is 0 Å². The van der Waals surface area contributed by atoms with Crippen LogP contribution in [0.5, 0.6) is 0 Å². The summed E-state index contributed by atoms with van der Waals surface area (Å²) in [5.41, 5.74) is 3.41. The highest BCUT2D eigenvalue weighted by Crippen LogP contribution is 2.22. The van der Waals surface area contributed by atoms with Gasteiger partial charge >= 0.3 is 0 Å². The SMILES string of the molecule is CCC(C)c1ccc(C(C)NS(=O)(=O)c2ccc(CC(C)C)cc2)cc1. The molecular formula is C22H31NO2S. The van der Waals surface area contributed by atoms with Crippen LogP contribution in [0.1, 0.15) is 69.7 Å². The maximum absolute atomic E-state index is 12.7. The van der Waals surface area contributed by atoms with Crippen LogP contribution in [0.3, 0.4) is 0 Å². The molecule has 4 heteroatoms. The second-order valence-corrected chi connectivity index (χ2v) is 9.27. The molecule has 0 aromatic heterocycles. The van der Waals surface area contributed by atoms with Gasteiger partial charge in [0.05, 0.1) is 4.90 Å². The van der Waals surface area contributed by atoms with Crippen molar-refractivity contribution in [2.45, 2.75) is 64.3 Å². The van der Waals surface area contributed by atoms with Gasteiger partial charge in [-0.1, -0.05) is 64.1 Å². The number of rotatable bonds is 8. The van der Waals surface area contributed by atoms with E-state index < -0.39 is 10.0 Å². The van der Waals surface area contributed by atoms with Crippen LogP contribution in [0.15, 0.2) is 53.4 Å². The van der Waals surface area contributed by atoms with Gasteiger partial charge in [0.2, 0.25) is 10.0 Å². The Balaban J connectivity index is 2.10. The van der Waals surface area contributed by atoms with Crippen molar-refractivity contribution >= 4 is 10.0 Å². The molecule has 2 aromatic rings. The minimum absolute atomic E-state index is 0.277. The summed E-state index contributed by atoms with van der Waals surface area (Å²) in [4.78, 5) is 0.313. The van der Waals surface area contributed by atoms with Crippen molar-refractivity contribution in [3.8, 4) is 0 Å². The lowest BCUT2D eigenvalue weighted by atomic mass is 9.96. The zero-order valence-electron chi connectivity index (χ0n) is 16.5. The van der Waals surface area contributed by atoms with E-state index in [1.807, 2.05) is 31.2 Å². The molecule has 0 saturated carbocycles. The minimum Gasteiger partial charge on any atom is -0.207 e. The second-order valence-electron chi connectivity index (χ2n) is 7.56. The topological polar surface area (TPSA) is 46.2 Å². The molecule has 2 aromatic carbocycles. The summed E-state index contributed by atoms with van der Waals surface area (Å²) in [5.74, 6) is 1.06. The molecule has 2 rings (SSSR count). The molecule has 26 heavy (non-hydrogen) atoms. The van der Waals surface area contributed by atoms with Crippen molar-refractivity contribution in [3.05, 3.63) is 65.2 Å². The van der Waals surface area contributed by atoms with E-state index in [4.69, 9.17) is 0 Å². The summed E-state index contributed by atoms with van der Waals surface area (Å²) in [6, 6.07) is 15.1. The van der Waals surface area contributed by atoms with E-state index in [2.05, 4.69) is 44.5 Å². The lowest BCUT2D eigenvalue weighted by Gasteiger charge is -2.16. The maximum atomic E-state index is 12.7. The normalized spacial score (nSPS) is 14.4. The Bertz CT molecular complexity index is 793. The van der Waals surface area contributed by atoms with Crippen molar-refractivity contribution in [2.75, 3.05) is 0 Å². The molecule has 3 nitrogen and oxygen atoms in total. The Morgan fingerprint density at radius 2 is 1.38 bits per heavy atom. The first-order chi connectivity index (χ1) is 12.2. The molecular weight excluding hydrogens is 342 g/mol.